The number of rotatable bonds is 3. The molecule has 0 spiro atoms. The molecule has 0 aliphatic carbocycles. The minimum atomic E-state index is -4.62. The Kier molecular flexibility index (Phi) is 4.36. The van der Waals surface area contributed by atoms with Crippen molar-refractivity contribution >= 4 is 17.5 Å². The number of pyridine rings is 1. The number of carbonyl (C=O) groups is 1. The van der Waals surface area contributed by atoms with Gasteiger partial charge in [-0.3, -0.25) is 4.79 Å². The summed E-state index contributed by atoms with van der Waals surface area (Å²) in [6, 6.07) is 6.80. The Morgan fingerprint density at radius 1 is 1.33 bits per heavy atom. The van der Waals surface area contributed by atoms with Gasteiger partial charge in [-0.1, -0.05) is 23.7 Å². The van der Waals surface area contributed by atoms with E-state index in [1.807, 2.05) is 0 Å². The summed E-state index contributed by atoms with van der Waals surface area (Å²) in [6.07, 6.45) is -3.49. The lowest BCUT2D eigenvalue weighted by atomic mass is 10.0. The van der Waals surface area contributed by atoms with Gasteiger partial charge >= 0.3 is 6.18 Å². The first-order chi connectivity index (χ1) is 11.4. The number of amides is 1. The van der Waals surface area contributed by atoms with Crippen molar-refractivity contribution in [2.24, 2.45) is 0 Å². The Morgan fingerprint density at radius 2 is 2.12 bits per heavy atom. The summed E-state index contributed by atoms with van der Waals surface area (Å²) in [5, 5.41) is 2.24. The van der Waals surface area contributed by atoms with Gasteiger partial charge in [0.15, 0.2) is 0 Å². The number of ether oxygens (including phenoxy) is 1. The van der Waals surface area contributed by atoms with Crippen molar-refractivity contribution in [2.45, 2.75) is 18.6 Å². The van der Waals surface area contributed by atoms with E-state index >= 15 is 0 Å². The third-order valence-corrected chi connectivity index (χ3v) is 3.95. The van der Waals surface area contributed by atoms with Crippen LogP contribution in [-0.4, -0.2) is 17.5 Å². The van der Waals surface area contributed by atoms with Gasteiger partial charge in [-0.15, -0.1) is 0 Å². The SMILES string of the molecule is O=C(Cc1cccc(Cl)c1C(F)(F)F)NC1COc2ncccc21. The summed E-state index contributed by atoms with van der Waals surface area (Å²) in [6.45, 7) is 0.194. The molecule has 0 bridgehead atoms. The van der Waals surface area contributed by atoms with Crippen molar-refractivity contribution in [1.82, 2.24) is 10.3 Å². The lowest BCUT2D eigenvalue weighted by molar-refractivity contribution is -0.138. The highest BCUT2D eigenvalue weighted by Crippen LogP contribution is 2.37. The molecule has 1 aromatic heterocycles. The number of alkyl halides is 3. The number of fused-ring (bicyclic) bond motifs is 1. The molecule has 4 nitrogen and oxygen atoms in total. The molecule has 0 saturated carbocycles. The largest absolute Gasteiger partial charge is 0.475 e. The molecule has 1 aromatic carbocycles. The molecule has 3 rings (SSSR count). The average Bonchev–Trinajstić information content (AvgIpc) is 2.89. The fraction of sp³-hybridized carbons (Fsp3) is 0.250. The standard InChI is InChI=1S/C16H12ClF3N2O2/c17-11-5-1-3-9(14(11)16(18,19)20)7-13(23)22-12-8-24-15-10(12)4-2-6-21-15/h1-6,12H,7-8H2,(H,22,23). The van der Waals surface area contributed by atoms with Gasteiger partial charge in [-0.2, -0.15) is 13.2 Å². The van der Waals surface area contributed by atoms with Crippen LogP contribution >= 0.6 is 11.6 Å². The van der Waals surface area contributed by atoms with Crippen molar-refractivity contribution < 1.29 is 22.7 Å². The van der Waals surface area contributed by atoms with Crippen LogP contribution in [0.15, 0.2) is 36.5 Å². The van der Waals surface area contributed by atoms with E-state index in [4.69, 9.17) is 16.3 Å². The quantitative estimate of drug-likeness (QED) is 0.915. The maximum absolute atomic E-state index is 13.1. The highest BCUT2D eigenvalue weighted by Gasteiger charge is 2.36. The molecule has 1 aliphatic heterocycles. The van der Waals surface area contributed by atoms with E-state index in [9.17, 15) is 18.0 Å². The summed E-state index contributed by atoms with van der Waals surface area (Å²) < 4.78 is 44.7. The zero-order chi connectivity index (χ0) is 17.3. The minimum absolute atomic E-state index is 0.169. The molecular formula is C16H12ClF3N2O2. The summed E-state index contributed by atoms with van der Waals surface area (Å²) >= 11 is 5.65. The van der Waals surface area contributed by atoms with Gasteiger partial charge in [0, 0.05) is 11.8 Å². The first kappa shape index (κ1) is 16.6. The molecule has 8 heteroatoms. The number of nitrogens with zero attached hydrogens (tertiary/aromatic N) is 1. The number of halogens is 4. The van der Waals surface area contributed by atoms with Gasteiger partial charge in [0.25, 0.3) is 0 Å². The Bertz CT molecular complexity index is 780. The van der Waals surface area contributed by atoms with Crippen LogP contribution in [0.1, 0.15) is 22.7 Å². The third-order valence-electron chi connectivity index (χ3n) is 3.63. The van der Waals surface area contributed by atoms with Gasteiger partial charge < -0.3 is 10.1 Å². The average molecular weight is 357 g/mol. The van der Waals surface area contributed by atoms with Gasteiger partial charge in [0.05, 0.1) is 23.0 Å². The van der Waals surface area contributed by atoms with Crippen LogP contribution < -0.4 is 10.1 Å². The Morgan fingerprint density at radius 3 is 2.88 bits per heavy atom. The maximum atomic E-state index is 13.1. The van der Waals surface area contributed by atoms with Crippen LogP contribution in [0, 0.1) is 0 Å². The third kappa shape index (κ3) is 3.31. The van der Waals surface area contributed by atoms with Crippen LogP contribution in [0.25, 0.3) is 0 Å². The van der Waals surface area contributed by atoms with Crippen molar-refractivity contribution in [3.05, 3.63) is 58.2 Å². The van der Waals surface area contributed by atoms with E-state index in [0.717, 1.165) is 6.07 Å². The van der Waals surface area contributed by atoms with Gasteiger partial charge in [-0.25, -0.2) is 4.98 Å². The van der Waals surface area contributed by atoms with Crippen LogP contribution in [0.3, 0.4) is 0 Å². The van der Waals surface area contributed by atoms with E-state index in [1.54, 1.807) is 18.3 Å². The number of nitrogens with one attached hydrogen (secondary N) is 1. The van der Waals surface area contributed by atoms with Crippen molar-refractivity contribution in [3.63, 3.8) is 0 Å². The zero-order valence-electron chi connectivity index (χ0n) is 12.2. The summed E-state index contributed by atoms with van der Waals surface area (Å²) in [5.74, 6) is -0.130. The lowest BCUT2D eigenvalue weighted by Crippen LogP contribution is -2.31. The lowest BCUT2D eigenvalue weighted by Gasteiger charge is -2.16. The molecule has 2 aromatic rings. The monoisotopic (exact) mass is 356 g/mol. The van der Waals surface area contributed by atoms with Crippen molar-refractivity contribution in [1.29, 1.82) is 0 Å². The normalized spacial score (nSPS) is 16.4. The van der Waals surface area contributed by atoms with Crippen LogP contribution in [0.5, 0.6) is 5.88 Å². The number of carbonyl (C=O) groups excluding carboxylic acids is 1. The highest BCUT2D eigenvalue weighted by molar-refractivity contribution is 6.31. The fourth-order valence-electron chi connectivity index (χ4n) is 2.61. The van der Waals surface area contributed by atoms with E-state index in [-0.39, 0.29) is 12.2 Å². The second-order valence-electron chi connectivity index (χ2n) is 5.28. The Hall–Kier alpha value is -2.28. The first-order valence-corrected chi connectivity index (χ1v) is 7.45. The Labute approximate surface area is 140 Å². The van der Waals surface area contributed by atoms with E-state index in [1.165, 1.54) is 12.1 Å². The van der Waals surface area contributed by atoms with Crippen LogP contribution in [-0.2, 0) is 17.4 Å². The van der Waals surface area contributed by atoms with E-state index < -0.39 is 35.1 Å². The van der Waals surface area contributed by atoms with Crippen molar-refractivity contribution in [3.8, 4) is 5.88 Å². The van der Waals surface area contributed by atoms with E-state index in [0.29, 0.717) is 11.4 Å². The maximum Gasteiger partial charge on any atom is 0.418 e. The minimum Gasteiger partial charge on any atom is -0.475 e. The number of aromatic nitrogens is 1. The number of hydrogen-bond donors (Lipinski definition) is 1. The van der Waals surface area contributed by atoms with Crippen molar-refractivity contribution in [2.75, 3.05) is 6.61 Å². The van der Waals surface area contributed by atoms with Gasteiger partial charge in [0.2, 0.25) is 11.8 Å². The van der Waals surface area contributed by atoms with Gasteiger partial charge in [0.1, 0.15) is 6.61 Å². The molecule has 1 aliphatic rings. The smallest absolute Gasteiger partial charge is 0.418 e. The molecule has 24 heavy (non-hydrogen) atoms. The van der Waals surface area contributed by atoms with Crippen LogP contribution in [0.4, 0.5) is 13.2 Å². The second-order valence-corrected chi connectivity index (χ2v) is 5.68. The molecule has 126 valence electrons. The topological polar surface area (TPSA) is 51.2 Å². The second kappa shape index (κ2) is 6.32. The molecule has 2 heterocycles. The van der Waals surface area contributed by atoms with Crippen LogP contribution in [0.2, 0.25) is 5.02 Å². The number of benzene rings is 1. The molecule has 0 fully saturated rings. The zero-order valence-corrected chi connectivity index (χ0v) is 13.0. The molecule has 1 atom stereocenters. The summed E-state index contributed by atoms with van der Waals surface area (Å²) in [7, 11) is 0. The summed E-state index contributed by atoms with van der Waals surface area (Å²) in [4.78, 5) is 16.2. The molecule has 1 amide bonds. The highest BCUT2D eigenvalue weighted by atomic mass is 35.5. The predicted molar refractivity (Wildman–Crippen MR) is 80.8 cm³/mol. The molecule has 0 radical (unpaired) electrons. The molecule has 1 N–H and O–H groups in total. The first-order valence-electron chi connectivity index (χ1n) is 7.08. The number of hydrogen-bond acceptors (Lipinski definition) is 3. The van der Waals surface area contributed by atoms with E-state index in [2.05, 4.69) is 10.3 Å². The van der Waals surface area contributed by atoms with Gasteiger partial charge in [-0.05, 0) is 23.8 Å². The summed E-state index contributed by atoms with van der Waals surface area (Å²) in [5.41, 5.74) is -0.447. The Balaban J connectivity index is 1.76. The predicted octanol–water partition coefficient (Wildman–Crippen LogP) is 3.55. The molecule has 0 saturated heterocycles. The molecular weight excluding hydrogens is 345 g/mol. The molecule has 1 unspecified atom stereocenters. The fourth-order valence-corrected chi connectivity index (χ4v) is 2.91.